The summed E-state index contributed by atoms with van der Waals surface area (Å²) in [5.41, 5.74) is 18.8. The maximum Gasteiger partial charge on any atom is 0.158 e. The number of benzene rings is 7. The van der Waals surface area contributed by atoms with Gasteiger partial charge in [-0.05, 0) is 155 Å². The monoisotopic (exact) mass is 846 g/mol. The topological polar surface area (TPSA) is 36.9 Å². The molecular weight excluding hydrogens is 785 g/mol. The first-order valence-electron chi connectivity index (χ1n) is 23.7. The third kappa shape index (κ3) is 11.7. The zero-order valence-corrected chi connectivity index (χ0v) is 37.3. The van der Waals surface area contributed by atoms with Gasteiger partial charge in [0, 0.05) is 13.2 Å². The van der Waals surface area contributed by atoms with Gasteiger partial charge in [-0.1, -0.05) is 170 Å². The Morgan fingerprint density at radius 1 is 0.281 bits per heavy atom. The van der Waals surface area contributed by atoms with E-state index in [-0.39, 0.29) is 12.6 Å². The molecular formula is C60H62O4. The third-order valence-electron chi connectivity index (χ3n) is 13.2. The predicted molar refractivity (Wildman–Crippen MR) is 259 cm³/mol. The van der Waals surface area contributed by atoms with Crippen LogP contribution in [0.4, 0.5) is 0 Å². The van der Waals surface area contributed by atoms with Gasteiger partial charge in [0.2, 0.25) is 0 Å². The van der Waals surface area contributed by atoms with Gasteiger partial charge in [0.05, 0.1) is 13.2 Å². The highest BCUT2D eigenvalue weighted by Gasteiger charge is 2.18. The normalized spacial score (nSPS) is 16.4. The molecule has 0 aromatic heterocycles. The van der Waals surface area contributed by atoms with Crippen molar-refractivity contribution in [1.82, 2.24) is 0 Å². The highest BCUT2D eigenvalue weighted by Crippen LogP contribution is 2.28. The Hall–Kier alpha value is -5.62. The van der Waals surface area contributed by atoms with E-state index in [1.807, 2.05) is 0 Å². The molecule has 2 aliphatic rings. The lowest BCUT2D eigenvalue weighted by Gasteiger charge is -2.23. The van der Waals surface area contributed by atoms with E-state index >= 15 is 0 Å². The average Bonchev–Trinajstić information content (AvgIpc) is 3.34. The van der Waals surface area contributed by atoms with Crippen LogP contribution >= 0.6 is 0 Å². The smallest absolute Gasteiger partial charge is 0.158 e. The van der Waals surface area contributed by atoms with E-state index in [4.69, 9.17) is 18.9 Å². The van der Waals surface area contributed by atoms with Crippen LogP contribution in [0.3, 0.4) is 0 Å². The van der Waals surface area contributed by atoms with Gasteiger partial charge in [0.1, 0.15) is 0 Å². The molecule has 2 heterocycles. The van der Waals surface area contributed by atoms with Crippen LogP contribution in [0.5, 0.6) is 0 Å². The molecule has 2 saturated heterocycles. The molecule has 64 heavy (non-hydrogen) atoms. The second-order valence-electron chi connectivity index (χ2n) is 17.7. The summed E-state index contributed by atoms with van der Waals surface area (Å²) in [7, 11) is 0. The average molecular weight is 847 g/mol. The van der Waals surface area contributed by atoms with Gasteiger partial charge in [-0.3, -0.25) is 0 Å². The Morgan fingerprint density at radius 2 is 0.484 bits per heavy atom. The summed E-state index contributed by atoms with van der Waals surface area (Å²) >= 11 is 0. The van der Waals surface area contributed by atoms with Crippen molar-refractivity contribution < 1.29 is 18.9 Å². The zero-order valence-electron chi connectivity index (χ0n) is 37.3. The summed E-state index contributed by atoms with van der Waals surface area (Å²) in [4.78, 5) is 0. The minimum atomic E-state index is -0.0966. The summed E-state index contributed by atoms with van der Waals surface area (Å²) in [6.07, 6.45) is 11.6. The largest absolute Gasteiger partial charge is 0.353 e. The number of ether oxygens (including phenoxy) is 4. The molecule has 4 nitrogen and oxygen atoms in total. The first-order valence-corrected chi connectivity index (χ1v) is 23.7. The van der Waals surface area contributed by atoms with Gasteiger partial charge in [-0.15, -0.1) is 0 Å². The lowest BCUT2D eigenvalue weighted by atomic mass is 9.88. The van der Waals surface area contributed by atoms with Crippen molar-refractivity contribution in [3.8, 4) is 0 Å². The second-order valence-corrected chi connectivity index (χ2v) is 17.7. The Labute approximate surface area is 381 Å². The summed E-state index contributed by atoms with van der Waals surface area (Å²) in [5, 5.41) is 0. The molecule has 0 amide bonds. The van der Waals surface area contributed by atoms with Crippen molar-refractivity contribution in [2.24, 2.45) is 0 Å². The summed E-state index contributed by atoms with van der Waals surface area (Å²) in [6, 6.07) is 62.5. The van der Waals surface area contributed by atoms with Crippen molar-refractivity contribution in [2.75, 3.05) is 13.2 Å². The van der Waals surface area contributed by atoms with Gasteiger partial charge in [0.25, 0.3) is 0 Å². The van der Waals surface area contributed by atoms with Crippen molar-refractivity contribution in [3.05, 3.63) is 248 Å². The van der Waals surface area contributed by atoms with Crippen LogP contribution in [0.1, 0.15) is 116 Å². The Bertz CT molecular complexity index is 2390. The van der Waals surface area contributed by atoms with Gasteiger partial charge in [-0.2, -0.15) is 0 Å². The van der Waals surface area contributed by atoms with Crippen molar-refractivity contribution in [2.45, 2.75) is 103 Å². The fourth-order valence-corrected chi connectivity index (χ4v) is 9.54. The van der Waals surface area contributed by atoms with Crippen molar-refractivity contribution in [3.63, 3.8) is 0 Å². The van der Waals surface area contributed by atoms with E-state index in [9.17, 15) is 0 Å². The zero-order chi connectivity index (χ0) is 43.2. The van der Waals surface area contributed by atoms with Crippen LogP contribution < -0.4 is 0 Å². The lowest BCUT2D eigenvalue weighted by molar-refractivity contribution is -0.169. The highest BCUT2D eigenvalue weighted by molar-refractivity contribution is 5.46. The molecule has 0 bridgehead atoms. The van der Waals surface area contributed by atoms with Gasteiger partial charge in [-0.25, -0.2) is 0 Å². The predicted octanol–water partition coefficient (Wildman–Crippen LogP) is 13.3. The molecule has 326 valence electrons. The molecule has 2 fully saturated rings. The number of hydrogen-bond donors (Lipinski definition) is 0. The molecule has 0 spiro atoms. The van der Waals surface area contributed by atoms with Crippen LogP contribution in [0, 0.1) is 0 Å². The van der Waals surface area contributed by atoms with Crippen LogP contribution in [0.2, 0.25) is 0 Å². The second kappa shape index (κ2) is 22.3. The van der Waals surface area contributed by atoms with Crippen molar-refractivity contribution >= 4 is 0 Å². The van der Waals surface area contributed by atoms with Gasteiger partial charge >= 0.3 is 0 Å². The summed E-state index contributed by atoms with van der Waals surface area (Å²) in [6.45, 7) is 2.74. The number of hydrogen-bond acceptors (Lipinski definition) is 4. The Kier molecular flexibility index (Phi) is 15.2. The molecule has 7 aromatic rings. The maximum absolute atomic E-state index is 6.25. The van der Waals surface area contributed by atoms with Crippen LogP contribution in [-0.4, -0.2) is 25.8 Å². The molecule has 9 rings (SSSR count). The molecule has 2 unspecified atom stereocenters. The lowest BCUT2D eigenvalue weighted by Crippen LogP contribution is -2.22. The quantitative estimate of drug-likeness (QED) is 0.0862. The van der Waals surface area contributed by atoms with Gasteiger partial charge < -0.3 is 18.9 Å². The maximum atomic E-state index is 6.25. The molecule has 0 aliphatic carbocycles. The standard InChI is InChI=1S/C60H62O4/c1-2-20-46(38-48-22-4-6-24-50(48)40-52-26-8-10-28-54(52)42-56-30-12-14-32-58(56)44-64-60-34-16-18-36-62-60)45(19-1)37-47-21-3-5-23-49(47)39-51-25-7-9-27-53(51)41-55-29-11-13-31-57(55)43-63-59-33-15-17-35-61-59/h1-14,19-32,59-60H,15-18,33-44H2. The molecule has 0 N–H and O–H groups in total. The molecule has 0 saturated carbocycles. The minimum Gasteiger partial charge on any atom is -0.353 e. The molecule has 0 radical (unpaired) electrons. The molecule has 7 aromatic carbocycles. The van der Waals surface area contributed by atoms with E-state index in [0.29, 0.717) is 13.2 Å². The van der Waals surface area contributed by atoms with E-state index < -0.39 is 0 Å². The third-order valence-corrected chi connectivity index (χ3v) is 13.2. The molecule has 2 atom stereocenters. The summed E-state index contributed by atoms with van der Waals surface area (Å²) < 4.78 is 24.2. The first kappa shape index (κ1) is 43.6. The minimum absolute atomic E-state index is 0.0966. The first-order chi connectivity index (χ1) is 31.7. The van der Waals surface area contributed by atoms with E-state index in [1.165, 1.54) is 90.7 Å². The number of rotatable bonds is 18. The fourth-order valence-electron chi connectivity index (χ4n) is 9.54. The van der Waals surface area contributed by atoms with Gasteiger partial charge in [0.15, 0.2) is 12.6 Å². The molecule has 4 heteroatoms. The van der Waals surface area contributed by atoms with E-state index in [1.54, 1.807) is 0 Å². The Morgan fingerprint density at radius 3 is 0.688 bits per heavy atom. The SMILES string of the molecule is c1ccc(Cc2ccccc2Cc2ccccc2Cc2ccccc2Cc2ccccc2Cc2ccccc2Cc2ccccc2COC2CCCCO2)c(COC2CCCCO2)c1. The van der Waals surface area contributed by atoms with E-state index in [0.717, 1.165) is 77.4 Å². The van der Waals surface area contributed by atoms with Crippen LogP contribution in [0.25, 0.3) is 0 Å². The van der Waals surface area contributed by atoms with E-state index in [2.05, 4.69) is 170 Å². The fraction of sp³-hybridized carbons (Fsp3) is 0.300. The van der Waals surface area contributed by atoms with Crippen LogP contribution in [-0.2, 0) is 70.7 Å². The summed E-state index contributed by atoms with van der Waals surface area (Å²) in [5.74, 6) is 0. The molecule has 2 aliphatic heterocycles. The highest BCUT2D eigenvalue weighted by atomic mass is 16.7. The van der Waals surface area contributed by atoms with Crippen LogP contribution in [0.15, 0.2) is 170 Å². The Balaban J connectivity index is 0.896. The van der Waals surface area contributed by atoms with Crippen molar-refractivity contribution in [1.29, 1.82) is 0 Å².